The van der Waals surface area contributed by atoms with E-state index in [2.05, 4.69) is 4.98 Å². The second-order valence-corrected chi connectivity index (χ2v) is 3.03. The molecule has 1 heterocycles. The van der Waals surface area contributed by atoms with E-state index in [0.717, 1.165) is 10.9 Å². The summed E-state index contributed by atoms with van der Waals surface area (Å²) in [5.41, 5.74) is 1.22. The van der Waals surface area contributed by atoms with E-state index in [1.807, 2.05) is 6.07 Å². The Bertz CT molecular complexity index is 452. The van der Waals surface area contributed by atoms with Crippen molar-refractivity contribution in [2.75, 3.05) is 7.11 Å². The Labute approximate surface area is 81.3 Å². The zero-order valence-corrected chi connectivity index (χ0v) is 7.69. The third-order valence-corrected chi connectivity index (χ3v) is 2.18. The maximum atomic E-state index is 9.09. The summed E-state index contributed by atoms with van der Waals surface area (Å²) >= 11 is 0. The summed E-state index contributed by atoms with van der Waals surface area (Å²) in [5, 5.41) is 19.2. The molecular weight excluding hydrogens is 181 g/mol. The molecule has 0 saturated carbocycles. The first-order valence-electron chi connectivity index (χ1n) is 4.23. The van der Waals surface area contributed by atoms with Crippen LogP contribution in [0.5, 0.6) is 5.75 Å². The first-order chi connectivity index (χ1) is 6.72. The van der Waals surface area contributed by atoms with Crippen LogP contribution < -0.4 is 10.2 Å². The fraction of sp³-hybridized carbons (Fsp3) is 0.111. The Hall–Kier alpha value is -1.46. The molecule has 1 aromatic carbocycles. The van der Waals surface area contributed by atoms with E-state index >= 15 is 0 Å². The molecule has 5 heteroatoms. The third-order valence-electron chi connectivity index (χ3n) is 2.18. The summed E-state index contributed by atoms with van der Waals surface area (Å²) in [6.45, 7) is 0. The summed E-state index contributed by atoms with van der Waals surface area (Å²) in [6, 6.07) is 5.32. The predicted octanol–water partition coefficient (Wildman–Crippen LogP) is -0.144. The number of rotatable bonds is 2. The van der Waals surface area contributed by atoms with E-state index in [1.54, 1.807) is 18.3 Å². The Morgan fingerprint density at radius 2 is 2.14 bits per heavy atom. The minimum absolute atomic E-state index is 0.363. The van der Waals surface area contributed by atoms with E-state index < -0.39 is 7.12 Å². The topological polar surface area (TPSA) is 65.5 Å². The lowest BCUT2D eigenvalue weighted by molar-refractivity contribution is 0.403. The van der Waals surface area contributed by atoms with Gasteiger partial charge in [0.2, 0.25) is 0 Å². The normalized spacial score (nSPS) is 10.5. The van der Waals surface area contributed by atoms with Crippen molar-refractivity contribution in [3.63, 3.8) is 0 Å². The van der Waals surface area contributed by atoms with Crippen LogP contribution in [0.2, 0.25) is 0 Å². The van der Waals surface area contributed by atoms with Gasteiger partial charge in [0, 0.05) is 22.6 Å². The van der Waals surface area contributed by atoms with Gasteiger partial charge in [0.05, 0.1) is 7.11 Å². The van der Waals surface area contributed by atoms with Crippen LogP contribution in [0.4, 0.5) is 0 Å². The van der Waals surface area contributed by atoms with Crippen LogP contribution in [0.15, 0.2) is 24.4 Å². The average Bonchev–Trinajstić information content (AvgIpc) is 2.62. The average molecular weight is 191 g/mol. The van der Waals surface area contributed by atoms with Gasteiger partial charge in [-0.05, 0) is 18.2 Å². The zero-order chi connectivity index (χ0) is 10.1. The van der Waals surface area contributed by atoms with Gasteiger partial charge in [0.15, 0.2) is 0 Å². The smallest absolute Gasteiger partial charge is 0.492 e. The second kappa shape index (κ2) is 3.36. The molecule has 0 aliphatic rings. The SMILES string of the molecule is COc1cc2cc[nH]c2cc1B(O)O. The molecular formula is C9H10BNO3. The monoisotopic (exact) mass is 191 g/mol. The molecule has 3 N–H and O–H groups in total. The zero-order valence-electron chi connectivity index (χ0n) is 7.69. The fourth-order valence-electron chi connectivity index (χ4n) is 1.47. The van der Waals surface area contributed by atoms with Crippen LogP contribution >= 0.6 is 0 Å². The number of fused-ring (bicyclic) bond motifs is 1. The standard InChI is InChI=1S/C9H10BNO3/c1-14-9-4-6-2-3-11-8(6)5-7(9)10(12)13/h2-5,11-13H,1H3. The number of hydrogen-bond donors (Lipinski definition) is 3. The second-order valence-electron chi connectivity index (χ2n) is 3.03. The number of nitrogens with one attached hydrogen (secondary N) is 1. The summed E-state index contributed by atoms with van der Waals surface area (Å²) in [6.07, 6.45) is 1.79. The molecule has 1 aromatic heterocycles. The van der Waals surface area contributed by atoms with Crippen molar-refractivity contribution in [2.45, 2.75) is 0 Å². The van der Waals surface area contributed by atoms with Gasteiger partial charge in [-0.2, -0.15) is 0 Å². The van der Waals surface area contributed by atoms with E-state index in [0.29, 0.717) is 11.2 Å². The van der Waals surface area contributed by atoms with Crippen LogP contribution in [-0.2, 0) is 0 Å². The molecule has 0 atom stereocenters. The van der Waals surface area contributed by atoms with Gasteiger partial charge in [-0.3, -0.25) is 0 Å². The number of H-pyrrole nitrogens is 1. The number of hydrogen-bond acceptors (Lipinski definition) is 3. The molecule has 0 aliphatic carbocycles. The van der Waals surface area contributed by atoms with Crippen LogP contribution in [0.25, 0.3) is 10.9 Å². The van der Waals surface area contributed by atoms with Crippen LogP contribution in [0, 0.1) is 0 Å². The Morgan fingerprint density at radius 1 is 1.36 bits per heavy atom. The minimum atomic E-state index is -1.52. The Balaban J connectivity index is 2.66. The summed E-state index contributed by atoms with van der Waals surface area (Å²) in [7, 11) is -0.0164. The molecule has 0 unspecified atom stereocenters. The highest BCUT2D eigenvalue weighted by atomic mass is 16.5. The van der Waals surface area contributed by atoms with Gasteiger partial charge in [-0.1, -0.05) is 0 Å². The fourth-order valence-corrected chi connectivity index (χ4v) is 1.47. The molecule has 0 radical (unpaired) electrons. The Kier molecular flexibility index (Phi) is 2.19. The Morgan fingerprint density at radius 3 is 2.79 bits per heavy atom. The highest BCUT2D eigenvalue weighted by Crippen LogP contribution is 2.17. The van der Waals surface area contributed by atoms with Gasteiger partial charge in [-0.15, -0.1) is 0 Å². The van der Waals surface area contributed by atoms with Crippen molar-refractivity contribution >= 4 is 23.5 Å². The van der Waals surface area contributed by atoms with E-state index in [4.69, 9.17) is 14.8 Å². The number of aromatic nitrogens is 1. The van der Waals surface area contributed by atoms with Crippen molar-refractivity contribution in [3.05, 3.63) is 24.4 Å². The molecule has 4 nitrogen and oxygen atoms in total. The summed E-state index contributed by atoms with van der Waals surface area (Å²) in [5.74, 6) is 0.479. The third kappa shape index (κ3) is 1.36. The van der Waals surface area contributed by atoms with E-state index in [9.17, 15) is 0 Å². The number of ether oxygens (including phenoxy) is 1. The minimum Gasteiger partial charge on any atom is -0.497 e. The predicted molar refractivity (Wildman–Crippen MR) is 54.7 cm³/mol. The van der Waals surface area contributed by atoms with Crippen molar-refractivity contribution in [1.29, 1.82) is 0 Å². The van der Waals surface area contributed by atoms with Crippen LogP contribution in [0.3, 0.4) is 0 Å². The summed E-state index contributed by atoms with van der Waals surface area (Å²) < 4.78 is 5.05. The number of benzene rings is 1. The molecule has 0 bridgehead atoms. The maximum Gasteiger partial charge on any atom is 0.492 e. The van der Waals surface area contributed by atoms with Gasteiger partial charge >= 0.3 is 7.12 Å². The van der Waals surface area contributed by atoms with Gasteiger partial charge in [0.25, 0.3) is 0 Å². The molecule has 2 rings (SSSR count). The highest BCUT2D eigenvalue weighted by Gasteiger charge is 2.17. The molecule has 0 aliphatic heterocycles. The first-order valence-corrected chi connectivity index (χ1v) is 4.23. The van der Waals surface area contributed by atoms with Crippen molar-refractivity contribution < 1.29 is 14.8 Å². The molecule has 0 saturated heterocycles. The van der Waals surface area contributed by atoms with Crippen molar-refractivity contribution in [3.8, 4) is 5.75 Å². The van der Waals surface area contributed by atoms with Gasteiger partial charge < -0.3 is 19.8 Å². The molecule has 2 aromatic rings. The lowest BCUT2D eigenvalue weighted by Crippen LogP contribution is -2.31. The van der Waals surface area contributed by atoms with Crippen LogP contribution in [-0.4, -0.2) is 29.3 Å². The first kappa shape index (κ1) is 9.11. The maximum absolute atomic E-state index is 9.09. The number of aromatic amines is 1. The van der Waals surface area contributed by atoms with Crippen molar-refractivity contribution in [2.24, 2.45) is 0 Å². The molecule has 0 fully saturated rings. The van der Waals surface area contributed by atoms with Gasteiger partial charge in [-0.25, -0.2) is 0 Å². The number of methoxy groups -OCH3 is 1. The van der Waals surface area contributed by atoms with E-state index in [1.165, 1.54) is 7.11 Å². The molecule has 0 spiro atoms. The van der Waals surface area contributed by atoms with Crippen LogP contribution in [0.1, 0.15) is 0 Å². The lowest BCUT2D eigenvalue weighted by atomic mass is 9.79. The van der Waals surface area contributed by atoms with E-state index in [-0.39, 0.29) is 0 Å². The molecule has 72 valence electrons. The summed E-state index contributed by atoms with van der Waals surface area (Å²) in [4.78, 5) is 2.99. The quantitative estimate of drug-likeness (QED) is 0.578. The highest BCUT2D eigenvalue weighted by molar-refractivity contribution is 6.60. The molecule has 14 heavy (non-hydrogen) atoms. The van der Waals surface area contributed by atoms with Crippen molar-refractivity contribution in [1.82, 2.24) is 4.98 Å². The molecule has 0 amide bonds. The lowest BCUT2D eigenvalue weighted by Gasteiger charge is -2.07. The largest absolute Gasteiger partial charge is 0.497 e. The van der Waals surface area contributed by atoms with Gasteiger partial charge in [0.1, 0.15) is 5.75 Å².